The number of benzene rings is 1. The molecule has 1 aromatic rings. The maximum Gasteiger partial charge on any atom is 0.239 e. The number of nitrogens with two attached hydrogens (primary N) is 1. The average Bonchev–Trinajstić information content (AvgIpc) is 2.31. The Morgan fingerprint density at radius 1 is 1.12 bits per heavy atom. The van der Waals surface area contributed by atoms with Crippen LogP contribution in [0.2, 0.25) is 0 Å². The number of anilines is 1. The van der Waals surface area contributed by atoms with Crippen LogP contribution in [0, 0.1) is 0 Å². The highest BCUT2D eigenvalue weighted by Crippen LogP contribution is 2.13. The van der Waals surface area contributed by atoms with E-state index in [4.69, 9.17) is 5.73 Å². The Morgan fingerprint density at radius 2 is 1.71 bits per heavy atom. The van der Waals surface area contributed by atoms with Gasteiger partial charge in [0.2, 0.25) is 11.8 Å². The standard InChI is InChI=1S/C12H14N2O2S/c13-10-3-1-9(2-4-10)5-6-14-11(15)7-17-8-12(14)16/h1-4H,5-8,13H2. The molecule has 1 aliphatic heterocycles. The summed E-state index contributed by atoms with van der Waals surface area (Å²) >= 11 is 1.38. The van der Waals surface area contributed by atoms with Gasteiger partial charge in [0, 0.05) is 12.2 Å². The van der Waals surface area contributed by atoms with Crippen molar-refractivity contribution in [2.45, 2.75) is 6.42 Å². The molecule has 0 aliphatic carbocycles. The summed E-state index contributed by atoms with van der Waals surface area (Å²) in [6, 6.07) is 7.49. The van der Waals surface area contributed by atoms with Gasteiger partial charge >= 0.3 is 0 Å². The summed E-state index contributed by atoms with van der Waals surface area (Å²) in [6.07, 6.45) is 0.683. The molecule has 0 saturated carbocycles. The first-order valence-electron chi connectivity index (χ1n) is 5.42. The molecule has 1 aliphatic rings. The first-order chi connectivity index (χ1) is 8.16. The minimum absolute atomic E-state index is 0.0818. The minimum atomic E-state index is -0.0818. The Kier molecular flexibility index (Phi) is 3.68. The van der Waals surface area contributed by atoms with E-state index in [0.29, 0.717) is 24.5 Å². The minimum Gasteiger partial charge on any atom is -0.399 e. The van der Waals surface area contributed by atoms with Crippen LogP contribution in [0.5, 0.6) is 0 Å². The van der Waals surface area contributed by atoms with Crippen LogP contribution in [0.3, 0.4) is 0 Å². The second-order valence-corrected chi connectivity index (χ2v) is 4.91. The lowest BCUT2D eigenvalue weighted by molar-refractivity contribution is -0.142. The number of hydrogen-bond acceptors (Lipinski definition) is 4. The Morgan fingerprint density at radius 3 is 2.29 bits per heavy atom. The fourth-order valence-electron chi connectivity index (χ4n) is 1.70. The lowest BCUT2D eigenvalue weighted by atomic mass is 10.1. The maximum atomic E-state index is 11.5. The first-order valence-corrected chi connectivity index (χ1v) is 6.57. The van der Waals surface area contributed by atoms with Gasteiger partial charge in [-0.2, -0.15) is 0 Å². The van der Waals surface area contributed by atoms with Crippen LogP contribution in [0.25, 0.3) is 0 Å². The van der Waals surface area contributed by atoms with Crippen molar-refractivity contribution in [1.29, 1.82) is 0 Å². The van der Waals surface area contributed by atoms with Gasteiger partial charge < -0.3 is 5.73 Å². The van der Waals surface area contributed by atoms with Crippen molar-refractivity contribution >= 4 is 29.3 Å². The fourth-order valence-corrected chi connectivity index (χ4v) is 2.46. The third-order valence-corrected chi connectivity index (χ3v) is 3.56. The molecule has 2 N–H and O–H groups in total. The average molecular weight is 250 g/mol. The molecule has 5 heteroatoms. The molecule has 1 saturated heterocycles. The molecule has 1 heterocycles. The number of rotatable bonds is 3. The summed E-state index contributed by atoms with van der Waals surface area (Å²) in [5.74, 6) is 0.657. The molecular weight excluding hydrogens is 236 g/mol. The number of nitrogen functional groups attached to an aromatic ring is 1. The highest BCUT2D eigenvalue weighted by atomic mass is 32.2. The topological polar surface area (TPSA) is 63.4 Å². The molecule has 0 spiro atoms. The Labute approximate surface area is 104 Å². The summed E-state index contributed by atoms with van der Waals surface area (Å²) in [7, 11) is 0. The zero-order valence-corrected chi connectivity index (χ0v) is 10.2. The van der Waals surface area contributed by atoms with E-state index in [1.807, 2.05) is 24.3 Å². The number of thioether (sulfide) groups is 1. The predicted molar refractivity (Wildman–Crippen MR) is 68.6 cm³/mol. The van der Waals surface area contributed by atoms with Crippen LogP contribution in [-0.2, 0) is 16.0 Å². The summed E-state index contributed by atoms with van der Waals surface area (Å²) in [5.41, 5.74) is 7.39. The zero-order chi connectivity index (χ0) is 12.3. The second kappa shape index (κ2) is 5.23. The van der Waals surface area contributed by atoms with Gasteiger partial charge in [0.1, 0.15) is 0 Å². The van der Waals surface area contributed by atoms with E-state index >= 15 is 0 Å². The molecule has 0 atom stereocenters. The smallest absolute Gasteiger partial charge is 0.239 e. The van der Waals surface area contributed by atoms with E-state index < -0.39 is 0 Å². The highest BCUT2D eigenvalue weighted by molar-refractivity contribution is 8.00. The predicted octanol–water partition coefficient (Wildman–Crippen LogP) is 0.913. The van der Waals surface area contributed by atoms with E-state index in [1.54, 1.807) is 0 Å². The van der Waals surface area contributed by atoms with Crippen molar-refractivity contribution in [3.8, 4) is 0 Å². The summed E-state index contributed by atoms with van der Waals surface area (Å²) < 4.78 is 0. The first kappa shape index (κ1) is 12.0. The second-order valence-electron chi connectivity index (χ2n) is 3.92. The SMILES string of the molecule is Nc1ccc(CCN2C(=O)CSCC2=O)cc1. The molecule has 2 amide bonds. The van der Waals surface area contributed by atoms with Gasteiger partial charge in [-0.15, -0.1) is 11.8 Å². The molecule has 1 fully saturated rings. The molecule has 4 nitrogen and oxygen atoms in total. The van der Waals surface area contributed by atoms with Crippen LogP contribution in [0.1, 0.15) is 5.56 Å². The van der Waals surface area contributed by atoms with E-state index in [2.05, 4.69) is 0 Å². The van der Waals surface area contributed by atoms with E-state index in [-0.39, 0.29) is 11.8 Å². The largest absolute Gasteiger partial charge is 0.399 e. The molecule has 0 aromatic heterocycles. The van der Waals surface area contributed by atoms with Crippen LogP contribution in [0.4, 0.5) is 5.69 Å². The quantitative estimate of drug-likeness (QED) is 0.640. The van der Waals surface area contributed by atoms with Crippen LogP contribution >= 0.6 is 11.8 Å². The number of nitrogens with zero attached hydrogens (tertiary/aromatic N) is 1. The highest BCUT2D eigenvalue weighted by Gasteiger charge is 2.25. The molecule has 90 valence electrons. The lowest BCUT2D eigenvalue weighted by Crippen LogP contribution is -2.43. The third-order valence-electron chi connectivity index (χ3n) is 2.66. The number of amides is 2. The monoisotopic (exact) mass is 250 g/mol. The van der Waals surface area contributed by atoms with Crippen LogP contribution in [-0.4, -0.2) is 34.8 Å². The van der Waals surface area contributed by atoms with Crippen molar-refractivity contribution in [3.05, 3.63) is 29.8 Å². The van der Waals surface area contributed by atoms with Gasteiger partial charge in [-0.25, -0.2) is 0 Å². The van der Waals surface area contributed by atoms with Crippen molar-refractivity contribution in [3.63, 3.8) is 0 Å². The van der Waals surface area contributed by atoms with Gasteiger partial charge in [0.15, 0.2) is 0 Å². The number of hydrogen-bond donors (Lipinski definition) is 1. The Balaban J connectivity index is 1.95. The molecule has 1 aromatic carbocycles. The van der Waals surface area contributed by atoms with Crippen molar-refractivity contribution in [1.82, 2.24) is 4.90 Å². The molecule has 0 radical (unpaired) electrons. The van der Waals surface area contributed by atoms with Crippen molar-refractivity contribution < 1.29 is 9.59 Å². The molecule has 0 bridgehead atoms. The van der Waals surface area contributed by atoms with Crippen LogP contribution in [0.15, 0.2) is 24.3 Å². The van der Waals surface area contributed by atoms with Gasteiger partial charge in [-0.1, -0.05) is 12.1 Å². The Bertz CT molecular complexity index is 415. The maximum absolute atomic E-state index is 11.5. The fraction of sp³-hybridized carbons (Fsp3) is 0.333. The van der Waals surface area contributed by atoms with Gasteiger partial charge in [0.05, 0.1) is 11.5 Å². The molecule has 0 unspecified atom stereocenters. The van der Waals surface area contributed by atoms with E-state index in [1.165, 1.54) is 16.7 Å². The lowest BCUT2D eigenvalue weighted by Gasteiger charge is -2.24. The summed E-state index contributed by atoms with van der Waals surface area (Å²) in [6.45, 7) is 0.460. The normalized spacial score (nSPS) is 16.4. The number of carbonyl (C=O) groups is 2. The molecule has 17 heavy (non-hydrogen) atoms. The van der Waals surface area contributed by atoms with Crippen molar-refractivity contribution in [2.75, 3.05) is 23.8 Å². The molecule has 2 rings (SSSR count). The van der Waals surface area contributed by atoms with Crippen molar-refractivity contribution in [2.24, 2.45) is 0 Å². The van der Waals surface area contributed by atoms with E-state index in [0.717, 1.165) is 11.3 Å². The molecular formula is C12H14N2O2S. The van der Waals surface area contributed by atoms with Gasteiger partial charge in [-0.3, -0.25) is 14.5 Å². The van der Waals surface area contributed by atoms with Gasteiger partial charge in [-0.05, 0) is 24.1 Å². The number of imide groups is 1. The summed E-state index contributed by atoms with van der Waals surface area (Å²) in [4.78, 5) is 24.4. The Hall–Kier alpha value is -1.49. The van der Waals surface area contributed by atoms with Gasteiger partial charge in [0.25, 0.3) is 0 Å². The third kappa shape index (κ3) is 3.00. The number of carbonyl (C=O) groups excluding carboxylic acids is 2. The van der Waals surface area contributed by atoms with Crippen LogP contribution < -0.4 is 5.73 Å². The zero-order valence-electron chi connectivity index (χ0n) is 9.39. The summed E-state index contributed by atoms with van der Waals surface area (Å²) in [5, 5.41) is 0. The van der Waals surface area contributed by atoms with E-state index in [9.17, 15) is 9.59 Å².